The third-order valence-corrected chi connectivity index (χ3v) is 2.97. The van der Waals surface area contributed by atoms with E-state index >= 15 is 0 Å². The molecule has 0 fully saturated rings. The predicted molar refractivity (Wildman–Crippen MR) is 83.6 cm³/mol. The molecule has 0 saturated carbocycles. The number of nitrogens with zero attached hydrogens (tertiary/aromatic N) is 3. The standard InChI is InChI=1S/C16H22N4O/c1-3-8-18-16-19-13(2)12-15(20-16)21-11-4-5-14-6-9-17-10-7-14/h6-7,9-10,12H,3-5,8,11H2,1-2H3,(H,18,19,20). The fraction of sp³-hybridized carbons (Fsp3) is 0.438. The highest BCUT2D eigenvalue weighted by molar-refractivity contribution is 5.30. The molecule has 0 saturated heterocycles. The molecule has 112 valence electrons. The average Bonchev–Trinajstić information content (AvgIpc) is 2.50. The predicted octanol–water partition coefficient (Wildman–Crippen LogP) is 3.01. The third kappa shape index (κ3) is 5.38. The summed E-state index contributed by atoms with van der Waals surface area (Å²) >= 11 is 0. The van der Waals surface area contributed by atoms with Crippen molar-refractivity contribution in [2.75, 3.05) is 18.5 Å². The second-order valence-electron chi connectivity index (χ2n) is 4.91. The lowest BCUT2D eigenvalue weighted by molar-refractivity contribution is 0.299. The van der Waals surface area contributed by atoms with E-state index in [0.717, 1.165) is 31.5 Å². The smallest absolute Gasteiger partial charge is 0.226 e. The first-order valence-electron chi connectivity index (χ1n) is 7.39. The van der Waals surface area contributed by atoms with Crippen molar-refractivity contribution >= 4 is 5.95 Å². The molecular weight excluding hydrogens is 264 g/mol. The number of aromatic nitrogens is 3. The molecule has 0 amide bonds. The summed E-state index contributed by atoms with van der Waals surface area (Å²) in [7, 11) is 0. The van der Waals surface area contributed by atoms with Crippen LogP contribution in [0, 0.1) is 6.92 Å². The molecule has 0 spiro atoms. The van der Waals surface area contributed by atoms with Gasteiger partial charge < -0.3 is 10.1 Å². The van der Waals surface area contributed by atoms with Crippen molar-refractivity contribution in [2.45, 2.75) is 33.1 Å². The molecular formula is C16H22N4O. The van der Waals surface area contributed by atoms with Gasteiger partial charge in [-0.15, -0.1) is 0 Å². The van der Waals surface area contributed by atoms with Gasteiger partial charge in [-0.2, -0.15) is 4.98 Å². The molecule has 0 radical (unpaired) electrons. The van der Waals surface area contributed by atoms with Crippen LogP contribution in [0.3, 0.4) is 0 Å². The number of hydrogen-bond acceptors (Lipinski definition) is 5. The van der Waals surface area contributed by atoms with Gasteiger partial charge in [0, 0.05) is 30.7 Å². The van der Waals surface area contributed by atoms with Crippen molar-refractivity contribution in [3.8, 4) is 5.88 Å². The number of rotatable bonds is 8. The largest absolute Gasteiger partial charge is 0.478 e. The molecule has 1 N–H and O–H groups in total. The van der Waals surface area contributed by atoms with Crippen LogP contribution in [0.2, 0.25) is 0 Å². The van der Waals surface area contributed by atoms with Gasteiger partial charge in [-0.3, -0.25) is 4.98 Å². The van der Waals surface area contributed by atoms with Crippen LogP contribution < -0.4 is 10.1 Å². The second kappa shape index (κ2) is 8.19. The highest BCUT2D eigenvalue weighted by atomic mass is 16.5. The van der Waals surface area contributed by atoms with E-state index < -0.39 is 0 Å². The van der Waals surface area contributed by atoms with E-state index in [1.165, 1.54) is 5.56 Å². The zero-order chi connectivity index (χ0) is 14.9. The number of nitrogens with one attached hydrogen (secondary N) is 1. The Kier molecular flexibility index (Phi) is 5.94. The molecule has 2 rings (SSSR count). The summed E-state index contributed by atoms with van der Waals surface area (Å²) < 4.78 is 5.72. The summed E-state index contributed by atoms with van der Waals surface area (Å²) in [4.78, 5) is 12.7. The van der Waals surface area contributed by atoms with Gasteiger partial charge in [0.25, 0.3) is 0 Å². The van der Waals surface area contributed by atoms with Gasteiger partial charge in [-0.25, -0.2) is 4.98 Å². The summed E-state index contributed by atoms with van der Waals surface area (Å²) in [6.07, 6.45) is 6.60. The molecule has 2 aromatic heterocycles. The van der Waals surface area contributed by atoms with E-state index in [2.05, 4.69) is 27.2 Å². The van der Waals surface area contributed by atoms with Gasteiger partial charge in [-0.05, 0) is 43.9 Å². The van der Waals surface area contributed by atoms with Crippen LogP contribution >= 0.6 is 0 Å². The average molecular weight is 286 g/mol. The van der Waals surface area contributed by atoms with Crippen molar-refractivity contribution < 1.29 is 4.74 Å². The van der Waals surface area contributed by atoms with E-state index in [9.17, 15) is 0 Å². The second-order valence-corrected chi connectivity index (χ2v) is 4.91. The Bertz CT molecular complexity index is 545. The quantitative estimate of drug-likeness (QED) is 0.756. The molecule has 0 aliphatic heterocycles. The highest BCUT2D eigenvalue weighted by Crippen LogP contribution is 2.12. The van der Waals surface area contributed by atoms with Crippen molar-refractivity contribution in [1.29, 1.82) is 0 Å². The van der Waals surface area contributed by atoms with Crippen LogP contribution in [0.15, 0.2) is 30.6 Å². The number of ether oxygens (including phenoxy) is 1. The fourth-order valence-electron chi connectivity index (χ4n) is 1.93. The van der Waals surface area contributed by atoms with E-state index in [-0.39, 0.29) is 0 Å². The zero-order valence-electron chi connectivity index (χ0n) is 12.7. The minimum absolute atomic E-state index is 0.635. The summed E-state index contributed by atoms with van der Waals surface area (Å²) in [6, 6.07) is 5.92. The maximum atomic E-state index is 5.72. The lowest BCUT2D eigenvalue weighted by Gasteiger charge is -2.09. The Morgan fingerprint density at radius 3 is 2.76 bits per heavy atom. The molecule has 0 bridgehead atoms. The van der Waals surface area contributed by atoms with Crippen LogP contribution in [0.4, 0.5) is 5.95 Å². The van der Waals surface area contributed by atoms with Gasteiger partial charge >= 0.3 is 0 Å². The SMILES string of the molecule is CCCNc1nc(C)cc(OCCCc2ccncc2)n1. The van der Waals surface area contributed by atoms with E-state index in [0.29, 0.717) is 18.4 Å². The van der Waals surface area contributed by atoms with Crippen LogP contribution in [0.25, 0.3) is 0 Å². The first-order valence-corrected chi connectivity index (χ1v) is 7.39. The van der Waals surface area contributed by atoms with E-state index in [1.54, 1.807) is 0 Å². The summed E-state index contributed by atoms with van der Waals surface area (Å²) in [5, 5.41) is 3.18. The van der Waals surface area contributed by atoms with E-state index in [4.69, 9.17) is 4.74 Å². The zero-order valence-corrected chi connectivity index (χ0v) is 12.7. The monoisotopic (exact) mass is 286 g/mol. The topological polar surface area (TPSA) is 59.9 Å². The molecule has 0 atom stereocenters. The molecule has 5 nitrogen and oxygen atoms in total. The molecule has 5 heteroatoms. The van der Waals surface area contributed by atoms with E-state index in [1.807, 2.05) is 37.5 Å². The lowest BCUT2D eigenvalue weighted by Crippen LogP contribution is -2.07. The first kappa shape index (κ1) is 15.2. The van der Waals surface area contributed by atoms with Gasteiger partial charge in [-0.1, -0.05) is 6.92 Å². The Hall–Kier alpha value is -2.17. The summed E-state index contributed by atoms with van der Waals surface area (Å²) in [5.74, 6) is 1.27. The maximum absolute atomic E-state index is 5.72. The van der Waals surface area contributed by atoms with Crippen LogP contribution in [0.5, 0.6) is 5.88 Å². The Morgan fingerprint density at radius 2 is 2.00 bits per heavy atom. The number of hydrogen-bond donors (Lipinski definition) is 1. The number of aryl methyl sites for hydroxylation is 2. The third-order valence-electron chi connectivity index (χ3n) is 2.97. The maximum Gasteiger partial charge on any atom is 0.226 e. The van der Waals surface area contributed by atoms with Crippen LogP contribution in [0.1, 0.15) is 31.0 Å². The molecule has 0 aliphatic carbocycles. The van der Waals surface area contributed by atoms with Gasteiger partial charge in [0.1, 0.15) is 0 Å². The van der Waals surface area contributed by atoms with Gasteiger partial charge in [0.2, 0.25) is 11.8 Å². The van der Waals surface area contributed by atoms with Gasteiger partial charge in [0.05, 0.1) is 6.61 Å². The number of pyridine rings is 1. The number of anilines is 1. The minimum Gasteiger partial charge on any atom is -0.478 e. The lowest BCUT2D eigenvalue weighted by atomic mass is 10.1. The van der Waals surface area contributed by atoms with Crippen LogP contribution in [-0.2, 0) is 6.42 Å². The van der Waals surface area contributed by atoms with Crippen LogP contribution in [-0.4, -0.2) is 28.1 Å². The first-order chi connectivity index (χ1) is 10.3. The van der Waals surface area contributed by atoms with Gasteiger partial charge in [0.15, 0.2) is 0 Å². The fourth-order valence-corrected chi connectivity index (χ4v) is 1.93. The molecule has 2 aromatic rings. The normalized spacial score (nSPS) is 10.4. The molecule has 0 aromatic carbocycles. The molecule has 21 heavy (non-hydrogen) atoms. The van der Waals surface area contributed by atoms with Crippen molar-refractivity contribution in [2.24, 2.45) is 0 Å². The van der Waals surface area contributed by atoms with Crippen molar-refractivity contribution in [3.05, 3.63) is 41.9 Å². The Labute approximate surface area is 125 Å². The Morgan fingerprint density at radius 1 is 1.19 bits per heavy atom. The summed E-state index contributed by atoms with van der Waals surface area (Å²) in [5.41, 5.74) is 2.19. The minimum atomic E-state index is 0.635. The molecule has 0 unspecified atom stereocenters. The van der Waals surface area contributed by atoms with Crippen molar-refractivity contribution in [1.82, 2.24) is 15.0 Å². The van der Waals surface area contributed by atoms with Crippen molar-refractivity contribution in [3.63, 3.8) is 0 Å². The summed E-state index contributed by atoms with van der Waals surface area (Å²) in [6.45, 7) is 5.57. The Balaban J connectivity index is 1.81. The molecule has 0 aliphatic rings. The molecule has 2 heterocycles. The highest BCUT2D eigenvalue weighted by Gasteiger charge is 2.03.